The summed E-state index contributed by atoms with van der Waals surface area (Å²) in [7, 11) is 1.68. The summed E-state index contributed by atoms with van der Waals surface area (Å²) in [6.45, 7) is 5.09. The SMILES string of the molecule is COc1ccc([C@@H](C)NCc2cnccc2C)cc1. The van der Waals surface area contributed by atoms with Gasteiger partial charge >= 0.3 is 0 Å². The van der Waals surface area contributed by atoms with Crippen molar-refractivity contribution < 1.29 is 4.74 Å². The summed E-state index contributed by atoms with van der Waals surface area (Å²) in [5.41, 5.74) is 3.76. The molecule has 1 aromatic heterocycles. The molecule has 0 saturated carbocycles. The lowest BCUT2D eigenvalue weighted by Gasteiger charge is -2.15. The number of nitrogens with one attached hydrogen (secondary N) is 1. The van der Waals surface area contributed by atoms with Crippen molar-refractivity contribution in [1.82, 2.24) is 10.3 Å². The van der Waals surface area contributed by atoms with Gasteiger partial charge in [0.15, 0.2) is 0 Å². The van der Waals surface area contributed by atoms with Gasteiger partial charge in [-0.1, -0.05) is 12.1 Å². The van der Waals surface area contributed by atoms with E-state index in [1.165, 1.54) is 16.7 Å². The van der Waals surface area contributed by atoms with Gasteiger partial charge in [0.1, 0.15) is 5.75 Å². The number of aryl methyl sites for hydroxylation is 1. The molecule has 3 heteroatoms. The molecule has 0 spiro atoms. The molecule has 0 fully saturated rings. The van der Waals surface area contributed by atoms with Gasteiger partial charge in [0.2, 0.25) is 0 Å². The Hall–Kier alpha value is -1.87. The van der Waals surface area contributed by atoms with Gasteiger partial charge in [-0.2, -0.15) is 0 Å². The van der Waals surface area contributed by atoms with Crippen molar-refractivity contribution in [3.05, 3.63) is 59.4 Å². The summed E-state index contributed by atoms with van der Waals surface area (Å²) in [5.74, 6) is 0.888. The van der Waals surface area contributed by atoms with Crippen LogP contribution in [-0.4, -0.2) is 12.1 Å². The normalized spacial score (nSPS) is 12.2. The highest BCUT2D eigenvalue weighted by Gasteiger charge is 2.06. The molecule has 0 radical (unpaired) electrons. The van der Waals surface area contributed by atoms with Gasteiger partial charge in [-0.15, -0.1) is 0 Å². The third-order valence-corrected chi connectivity index (χ3v) is 3.36. The monoisotopic (exact) mass is 256 g/mol. The fourth-order valence-electron chi connectivity index (χ4n) is 1.96. The van der Waals surface area contributed by atoms with E-state index < -0.39 is 0 Å². The predicted octanol–water partition coefficient (Wildman–Crippen LogP) is 3.25. The third-order valence-electron chi connectivity index (χ3n) is 3.36. The maximum absolute atomic E-state index is 5.17. The van der Waals surface area contributed by atoms with Crippen LogP contribution in [0.4, 0.5) is 0 Å². The molecule has 0 aliphatic carbocycles. The van der Waals surface area contributed by atoms with Crippen molar-refractivity contribution in [2.75, 3.05) is 7.11 Å². The topological polar surface area (TPSA) is 34.1 Å². The van der Waals surface area contributed by atoms with E-state index in [9.17, 15) is 0 Å². The fraction of sp³-hybridized carbons (Fsp3) is 0.312. The molecule has 2 aromatic rings. The maximum Gasteiger partial charge on any atom is 0.118 e. The zero-order valence-corrected chi connectivity index (χ0v) is 11.7. The number of ether oxygens (including phenoxy) is 1. The van der Waals surface area contributed by atoms with E-state index in [-0.39, 0.29) is 0 Å². The smallest absolute Gasteiger partial charge is 0.118 e. The van der Waals surface area contributed by atoms with E-state index in [4.69, 9.17) is 4.74 Å². The number of nitrogens with zero attached hydrogens (tertiary/aromatic N) is 1. The highest BCUT2D eigenvalue weighted by molar-refractivity contribution is 5.29. The van der Waals surface area contributed by atoms with Crippen molar-refractivity contribution in [3.8, 4) is 5.75 Å². The molecule has 1 N–H and O–H groups in total. The minimum absolute atomic E-state index is 0.297. The molecule has 0 amide bonds. The predicted molar refractivity (Wildman–Crippen MR) is 77.2 cm³/mol. The summed E-state index contributed by atoms with van der Waals surface area (Å²) in [6, 6.07) is 10.5. The van der Waals surface area contributed by atoms with Gasteiger partial charge in [-0.3, -0.25) is 4.98 Å². The Morgan fingerprint density at radius 2 is 1.95 bits per heavy atom. The van der Waals surface area contributed by atoms with Crippen LogP contribution in [0.1, 0.15) is 29.7 Å². The molecule has 1 aromatic carbocycles. The van der Waals surface area contributed by atoms with Crippen LogP contribution in [0.2, 0.25) is 0 Å². The van der Waals surface area contributed by atoms with Crippen LogP contribution >= 0.6 is 0 Å². The standard InChI is InChI=1S/C16H20N2O/c1-12-8-9-17-10-15(12)11-18-13(2)14-4-6-16(19-3)7-5-14/h4-10,13,18H,11H2,1-3H3/t13-/m1/s1. The van der Waals surface area contributed by atoms with Crippen LogP contribution in [0.5, 0.6) is 5.75 Å². The summed E-state index contributed by atoms with van der Waals surface area (Å²) >= 11 is 0. The quantitative estimate of drug-likeness (QED) is 0.891. The molecule has 0 unspecified atom stereocenters. The first kappa shape index (κ1) is 13.6. The van der Waals surface area contributed by atoms with Crippen LogP contribution in [0.15, 0.2) is 42.7 Å². The van der Waals surface area contributed by atoms with E-state index in [2.05, 4.69) is 36.3 Å². The fourth-order valence-corrected chi connectivity index (χ4v) is 1.96. The largest absolute Gasteiger partial charge is 0.497 e. The average molecular weight is 256 g/mol. The highest BCUT2D eigenvalue weighted by atomic mass is 16.5. The number of methoxy groups -OCH3 is 1. The Kier molecular flexibility index (Phi) is 4.53. The van der Waals surface area contributed by atoms with E-state index in [1.807, 2.05) is 30.6 Å². The molecule has 1 heterocycles. The summed E-state index contributed by atoms with van der Waals surface area (Å²) < 4.78 is 5.17. The van der Waals surface area contributed by atoms with Gasteiger partial charge in [-0.05, 0) is 48.7 Å². The summed E-state index contributed by atoms with van der Waals surface area (Å²) in [5, 5.41) is 3.51. The Labute approximate surface area is 114 Å². The molecule has 3 nitrogen and oxygen atoms in total. The second-order valence-electron chi connectivity index (χ2n) is 4.68. The lowest BCUT2D eigenvalue weighted by Crippen LogP contribution is -2.18. The van der Waals surface area contributed by atoms with Gasteiger partial charge in [0.25, 0.3) is 0 Å². The Morgan fingerprint density at radius 1 is 1.21 bits per heavy atom. The molecular weight excluding hydrogens is 236 g/mol. The van der Waals surface area contributed by atoms with Crippen molar-refractivity contribution in [1.29, 1.82) is 0 Å². The molecule has 100 valence electrons. The van der Waals surface area contributed by atoms with Crippen LogP contribution in [0.25, 0.3) is 0 Å². The molecule has 0 aliphatic rings. The Bertz CT molecular complexity index is 523. The first-order valence-corrected chi connectivity index (χ1v) is 6.47. The van der Waals surface area contributed by atoms with Gasteiger partial charge < -0.3 is 10.1 Å². The van der Waals surface area contributed by atoms with E-state index in [0.29, 0.717) is 6.04 Å². The Balaban J connectivity index is 1.97. The number of rotatable bonds is 5. The van der Waals surface area contributed by atoms with Crippen molar-refractivity contribution in [2.45, 2.75) is 26.4 Å². The molecule has 0 aliphatic heterocycles. The number of aromatic nitrogens is 1. The van der Waals surface area contributed by atoms with Gasteiger partial charge in [0, 0.05) is 25.0 Å². The molecule has 19 heavy (non-hydrogen) atoms. The molecule has 1 atom stereocenters. The lowest BCUT2D eigenvalue weighted by molar-refractivity contribution is 0.414. The zero-order valence-electron chi connectivity index (χ0n) is 11.7. The molecule has 2 rings (SSSR count). The minimum Gasteiger partial charge on any atom is -0.497 e. The van der Waals surface area contributed by atoms with Crippen molar-refractivity contribution in [2.24, 2.45) is 0 Å². The number of pyridine rings is 1. The van der Waals surface area contributed by atoms with Crippen LogP contribution in [0.3, 0.4) is 0 Å². The summed E-state index contributed by atoms with van der Waals surface area (Å²) in [6.07, 6.45) is 3.74. The third kappa shape index (κ3) is 3.55. The summed E-state index contributed by atoms with van der Waals surface area (Å²) in [4.78, 5) is 4.16. The zero-order chi connectivity index (χ0) is 13.7. The van der Waals surface area contributed by atoms with Crippen molar-refractivity contribution in [3.63, 3.8) is 0 Å². The first-order valence-electron chi connectivity index (χ1n) is 6.47. The van der Waals surface area contributed by atoms with E-state index in [0.717, 1.165) is 12.3 Å². The second-order valence-corrected chi connectivity index (χ2v) is 4.68. The van der Waals surface area contributed by atoms with E-state index >= 15 is 0 Å². The highest BCUT2D eigenvalue weighted by Crippen LogP contribution is 2.18. The van der Waals surface area contributed by atoms with Gasteiger partial charge in [0.05, 0.1) is 7.11 Å². The molecule has 0 saturated heterocycles. The Morgan fingerprint density at radius 3 is 2.58 bits per heavy atom. The first-order chi connectivity index (χ1) is 9.20. The average Bonchev–Trinajstić information content (AvgIpc) is 2.46. The number of hydrogen-bond acceptors (Lipinski definition) is 3. The maximum atomic E-state index is 5.17. The number of benzene rings is 1. The second kappa shape index (κ2) is 6.34. The van der Waals surface area contributed by atoms with Crippen LogP contribution < -0.4 is 10.1 Å². The minimum atomic E-state index is 0.297. The lowest BCUT2D eigenvalue weighted by atomic mass is 10.1. The van der Waals surface area contributed by atoms with E-state index in [1.54, 1.807) is 7.11 Å². The van der Waals surface area contributed by atoms with Crippen LogP contribution in [-0.2, 0) is 6.54 Å². The van der Waals surface area contributed by atoms with Crippen LogP contribution in [0, 0.1) is 6.92 Å². The van der Waals surface area contributed by atoms with Crippen molar-refractivity contribution >= 4 is 0 Å². The molecule has 0 bridgehead atoms. The molecular formula is C16H20N2O. The number of hydrogen-bond donors (Lipinski definition) is 1. The van der Waals surface area contributed by atoms with Gasteiger partial charge in [-0.25, -0.2) is 0 Å².